The third kappa shape index (κ3) is 4.04. The zero-order valence-electron chi connectivity index (χ0n) is 12.9. The fourth-order valence-corrected chi connectivity index (χ4v) is 15.4. The monoisotopic (exact) mass is 472 g/mol. The Morgan fingerprint density at radius 2 is 0.923 bits per heavy atom. The largest absolute Gasteiger partial charge is 0.338 e. The first-order valence-electron chi connectivity index (χ1n) is 7.43. The maximum atomic E-state index is 12.0. The first-order chi connectivity index (χ1) is 12.1. The summed E-state index contributed by atoms with van der Waals surface area (Å²) in [6, 6.07) is 0. The van der Waals surface area contributed by atoms with Crippen molar-refractivity contribution in [3.8, 4) is 0 Å². The van der Waals surface area contributed by atoms with Crippen LogP contribution in [0.15, 0.2) is 9.98 Å². The predicted molar refractivity (Wildman–Crippen MR) is 108 cm³/mol. The predicted octanol–water partition coefficient (Wildman–Crippen LogP) is 0.0428. The Bertz CT molecular complexity index is 833. The number of sulfone groups is 2. The van der Waals surface area contributed by atoms with E-state index in [1.807, 2.05) is 0 Å². The molecule has 142 valence electrons. The van der Waals surface area contributed by atoms with E-state index in [0.29, 0.717) is 8.75 Å². The topological polar surface area (TPSA) is 127 Å². The molecule has 26 heavy (non-hydrogen) atoms. The summed E-state index contributed by atoms with van der Waals surface area (Å²) < 4.78 is 47.0. The van der Waals surface area contributed by atoms with Gasteiger partial charge in [0, 0.05) is 21.0 Å². The second kappa shape index (κ2) is 6.79. The van der Waals surface area contributed by atoms with Crippen molar-refractivity contribution < 1.29 is 26.4 Å². The molecule has 0 radical (unpaired) electrons. The number of carbonyl (C=O) groups is 2. The number of thioether (sulfide) groups is 4. The van der Waals surface area contributed by atoms with Crippen molar-refractivity contribution >= 4 is 87.3 Å². The summed E-state index contributed by atoms with van der Waals surface area (Å²) in [6.07, 6.45) is 0. The highest BCUT2D eigenvalue weighted by Crippen LogP contribution is 2.45. The molecule has 4 saturated heterocycles. The van der Waals surface area contributed by atoms with Crippen molar-refractivity contribution in [1.29, 1.82) is 0 Å². The molecule has 0 spiro atoms. The van der Waals surface area contributed by atoms with Crippen LogP contribution in [0.2, 0.25) is 0 Å². The molecule has 14 heteroatoms. The Hall–Kier alpha value is -0.0200. The summed E-state index contributed by atoms with van der Waals surface area (Å²) in [7, 11) is -6.05. The lowest BCUT2D eigenvalue weighted by atomic mass is 10.4. The van der Waals surface area contributed by atoms with Gasteiger partial charge in [-0.15, -0.1) is 0 Å². The summed E-state index contributed by atoms with van der Waals surface area (Å²) in [5, 5.41) is -0.499. The summed E-state index contributed by atoms with van der Waals surface area (Å²) >= 11 is 4.88. The van der Waals surface area contributed by atoms with E-state index in [4.69, 9.17) is 0 Å². The number of carbonyl (C=O) groups excluding carboxylic acids is 2. The first-order valence-corrected chi connectivity index (χ1v) is 14.6. The number of hydrogen-bond donors (Lipinski definition) is 0. The van der Waals surface area contributed by atoms with Gasteiger partial charge < -0.3 is 0 Å². The van der Waals surface area contributed by atoms with Gasteiger partial charge in [-0.2, -0.15) is 9.98 Å². The number of aliphatic imine (C=N–C) groups is 2. The lowest BCUT2D eigenvalue weighted by Gasteiger charge is -1.99. The molecule has 0 aliphatic carbocycles. The SMILES string of the molecule is O=C(N=C1S[C@H]2CS(=O)(=O)C[C@H]2S1)C(=O)N=C1S[C@@H]2CS(=O)(=O)C[C@H]2S1. The number of rotatable bonds is 0. The molecule has 0 bridgehead atoms. The molecular formula is C12H12N2O6S6. The van der Waals surface area contributed by atoms with Crippen molar-refractivity contribution in [2.45, 2.75) is 21.0 Å². The van der Waals surface area contributed by atoms with Gasteiger partial charge in [0.25, 0.3) is 0 Å². The first kappa shape index (κ1) is 19.3. The van der Waals surface area contributed by atoms with E-state index in [2.05, 4.69) is 9.98 Å². The Morgan fingerprint density at radius 1 is 0.654 bits per heavy atom. The molecule has 0 N–H and O–H groups in total. The second-order valence-electron chi connectivity index (χ2n) is 6.14. The number of nitrogens with zero attached hydrogens (tertiary/aromatic N) is 2. The van der Waals surface area contributed by atoms with Crippen LogP contribution in [0, 0.1) is 0 Å². The molecule has 4 rings (SSSR count). The molecule has 4 fully saturated rings. The maximum absolute atomic E-state index is 12.0. The third-order valence-corrected chi connectivity index (χ3v) is 14.3. The van der Waals surface area contributed by atoms with Crippen LogP contribution >= 0.6 is 47.0 Å². The molecule has 4 heterocycles. The van der Waals surface area contributed by atoms with Crippen LogP contribution in [0.5, 0.6) is 0 Å². The minimum atomic E-state index is -3.02. The lowest BCUT2D eigenvalue weighted by molar-refractivity contribution is -0.134. The van der Waals surface area contributed by atoms with Crippen LogP contribution in [-0.4, -0.2) is 81.4 Å². The standard InChI is InChI=1S/C12H12N2O6S6/c15-9(13-11-21-5-1-25(17,18)2-6(5)22-11)10(16)14-12-23-7-3-26(19,20)4-8(7)24-12/h5-8H,1-4H2/t5-,6-,7-,8+/m1/s1. The molecule has 0 unspecified atom stereocenters. The number of amides is 2. The fraction of sp³-hybridized carbons (Fsp3) is 0.667. The molecule has 0 aromatic heterocycles. The fourth-order valence-electron chi connectivity index (χ4n) is 2.95. The average Bonchev–Trinajstić information content (AvgIpc) is 3.14. The van der Waals surface area contributed by atoms with Crippen molar-refractivity contribution in [3.05, 3.63) is 0 Å². The quantitative estimate of drug-likeness (QED) is 0.446. The van der Waals surface area contributed by atoms with E-state index in [-0.39, 0.29) is 44.0 Å². The van der Waals surface area contributed by atoms with E-state index in [9.17, 15) is 26.4 Å². The zero-order valence-corrected chi connectivity index (χ0v) is 17.8. The van der Waals surface area contributed by atoms with Crippen LogP contribution in [0.25, 0.3) is 0 Å². The number of hydrogen-bond acceptors (Lipinski definition) is 10. The van der Waals surface area contributed by atoms with Crippen molar-refractivity contribution in [3.63, 3.8) is 0 Å². The van der Waals surface area contributed by atoms with Gasteiger partial charge in [-0.1, -0.05) is 47.0 Å². The summed E-state index contributed by atoms with van der Waals surface area (Å²) in [6.45, 7) is 0. The highest BCUT2D eigenvalue weighted by molar-refractivity contribution is 8.43. The van der Waals surface area contributed by atoms with Gasteiger partial charge in [0.1, 0.15) is 8.75 Å². The summed E-state index contributed by atoms with van der Waals surface area (Å²) in [5.41, 5.74) is 0. The van der Waals surface area contributed by atoms with Crippen LogP contribution in [0.3, 0.4) is 0 Å². The molecule has 4 aliphatic heterocycles. The van der Waals surface area contributed by atoms with Crippen LogP contribution in [0.4, 0.5) is 0 Å². The van der Waals surface area contributed by atoms with Crippen LogP contribution < -0.4 is 0 Å². The number of fused-ring (bicyclic) bond motifs is 2. The minimum Gasteiger partial charge on any atom is -0.261 e. The van der Waals surface area contributed by atoms with E-state index in [1.165, 1.54) is 47.0 Å². The molecule has 2 amide bonds. The molecule has 8 nitrogen and oxygen atoms in total. The van der Waals surface area contributed by atoms with Gasteiger partial charge in [0.05, 0.1) is 23.0 Å². The normalized spacial score (nSPS) is 38.3. The van der Waals surface area contributed by atoms with E-state index in [1.54, 1.807) is 0 Å². The highest BCUT2D eigenvalue weighted by atomic mass is 32.2. The minimum absolute atomic E-state index is 0.0672. The van der Waals surface area contributed by atoms with Gasteiger partial charge in [0.2, 0.25) is 0 Å². The maximum Gasteiger partial charge on any atom is 0.338 e. The van der Waals surface area contributed by atoms with Gasteiger partial charge in [-0.25, -0.2) is 16.8 Å². The average molecular weight is 473 g/mol. The zero-order chi connectivity index (χ0) is 18.7. The van der Waals surface area contributed by atoms with Crippen molar-refractivity contribution in [2.75, 3.05) is 23.0 Å². The third-order valence-electron chi connectivity index (χ3n) is 4.08. The Labute approximate surface area is 167 Å². The van der Waals surface area contributed by atoms with E-state index in [0.717, 1.165) is 0 Å². The molecule has 4 aliphatic rings. The van der Waals surface area contributed by atoms with E-state index < -0.39 is 31.5 Å². The highest BCUT2D eigenvalue weighted by Gasteiger charge is 2.46. The van der Waals surface area contributed by atoms with E-state index >= 15 is 0 Å². The molecule has 0 aromatic rings. The summed E-state index contributed by atoms with van der Waals surface area (Å²) in [4.78, 5) is 31.5. The van der Waals surface area contributed by atoms with Gasteiger partial charge >= 0.3 is 11.8 Å². The van der Waals surface area contributed by atoms with Crippen molar-refractivity contribution in [1.82, 2.24) is 0 Å². The van der Waals surface area contributed by atoms with Gasteiger partial charge in [-0.3, -0.25) is 9.59 Å². The lowest BCUT2D eigenvalue weighted by Crippen LogP contribution is -2.12. The molecular weight excluding hydrogens is 461 g/mol. The Balaban J connectivity index is 1.37. The second-order valence-corrected chi connectivity index (χ2v) is 15.9. The van der Waals surface area contributed by atoms with Gasteiger partial charge in [0.15, 0.2) is 19.7 Å². The van der Waals surface area contributed by atoms with Crippen LogP contribution in [0.1, 0.15) is 0 Å². The summed E-state index contributed by atoms with van der Waals surface area (Å²) in [5.74, 6) is -1.70. The molecule has 4 atom stereocenters. The molecule has 0 aromatic carbocycles. The smallest absolute Gasteiger partial charge is 0.261 e. The Morgan fingerprint density at radius 3 is 1.19 bits per heavy atom. The van der Waals surface area contributed by atoms with Crippen LogP contribution in [-0.2, 0) is 29.3 Å². The molecule has 0 saturated carbocycles. The van der Waals surface area contributed by atoms with Crippen molar-refractivity contribution in [2.24, 2.45) is 9.98 Å². The Kier molecular flexibility index (Phi) is 5.04. The van der Waals surface area contributed by atoms with Gasteiger partial charge in [-0.05, 0) is 0 Å².